The zero-order chi connectivity index (χ0) is 18.0. The van der Waals surface area contributed by atoms with Crippen LogP contribution in [0.15, 0.2) is 27.9 Å². The Morgan fingerprint density at radius 1 is 1.36 bits per heavy atom. The lowest BCUT2D eigenvalue weighted by molar-refractivity contribution is -0.132. The molecule has 0 saturated heterocycles. The highest BCUT2D eigenvalue weighted by molar-refractivity contribution is 5.76. The first-order valence-electron chi connectivity index (χ1n) is 7.91. The molecule has 25 heavy (non-hydrogen) atoms. The van der Waals surface area contributed by atoms with Gasteiger partial charge in [-0.2, -0.15) is 5.10 Å². The third-order valence-corrected chi connectivity index (χ3v) is 4.10. The lowest BCUT2D eigenvalue weighted by Gasteiger charge is -2.20. The van der Waals surface area contributed by atoms with Crippen LogP contribution in [0.1, 0.15) is 23.9 Å². The van der Waals surface area contributed by atoms with E-state index in [1.54, 1.807) is 15.6 Å². The van der Waals surface area contributed by atoms with Gasteiger partial charge in [-0.15, -0.1) is 0 Å². The molecule has 0 spiro atoms. The minimum atomic E-state index is -1.05. The van der Waals surface area contributed by atoms with E-state index in [0.29, 0.717) is 31.7 Å². The van der Waals surface area contributed by atoms with Gasteiger partial charge in [0, 0.05) is 25.4 Å². The normalized spacial score (nSPS) is 15.5. The highest BCUT2D eigenvalue weighted by Crippen LogP contribution is 2.18. The van der Waals surface area contributed by atoms with Crippen LogP contribution < -0.4 is 11.2 Å². The Morgan fingerprint density at radius 2 is 2.16 bits per heavy atom. The van der Waals surface area contributed by atoms with Crippen molar-refractivity contribution < 1.29 is 15.0 Å². The molecule has 0 radical (unpaired) electrons. The number of rotatable bonds is 4. The molecule has 134 valence electrons. The summed E-state index contributed by atoms with van der Waals surface area (Å²) in [6, 6.07) is 2.85. The second-order valence-electron chi connectivity index (χ2n) is 5.89. The van der Waals surface area contributed by atoms with Crippen LogP contribution in [0.3, 0.4) is 0 Å². The van der Waals surface area contributed by atoms with Crippen LogP contribution in [-0.4, -0.2) is 53.5 Å². The largest absolute Gasteiger partial charge is 0.393 e. The summed E-state index contributed by atoms with van der Waals surface area (Å²) >= 11 is 0. The summed E-state index contributed by atoms with van der Waals surface area (Å²) in [7, 11) is 0. The average molecular weight is 349 g/mol. The molecule has 0 fully saturated rings. The standard InChI is InChI=1S/C15H19N5O5/c21-9-12(22)11-6-10-7-18(3-1-4-20(10)17-11)14(24)8-19-5-2-13(23)16-15(19)25/h2,5-6,12,21-22H,1,3-4,7-9H2,(H,16,23,25). The first kappa shape index (κ1) is 17.1. The van der Waals surface area contributed by atoms with Gasteiger partial charge >= 0.3 is 5.69 Å². The van der Waals surface area contributed by atoms with Crippen LogP contribution in [0.4, 0.5) is 0 Å². The van der Waals surface area contributed by atoms with E-state index in [2.05, 4.69) is 10.1 Å². The van der Waals surface area contributed by atoms with E-state index in [4.69, 9.17) is 5.11 Å². The Morgan fingerprint density at radius 3 is 2.88 bits per heavy atom. The number of fused-ring (bicyclic) bond motifs is 1. The molecular weight excluding hydrogens is 330 g/mol. The summed E-state index contributed by atoms with van der Waals surface area (Å²) in [5.41, 5.74) is -0.0257. The van der Waals surface area contributed by atoms with Crippen LogP contribution >= 0.6 is 0 Å². The Labute approximate surface area is 141 Å². The number of aliphatic hydroxyl groups is 2. The van der Waals surface area contributed by atoms with Gasteiger partial charge in [-0.1, -0.05) is 0 Å². The van der Waals surface area contributed by atoms with Crippen molar-refractivity contribution in [3.05, 3.63) is 50.6 Å². The highest BCUT2D eigenvalue weighted by atomic mass is 16.3. The number of nitrogens with one attached hydrogen (secondary N) is 1. The fraction of sp³-hybridized carbons (Fsp3) is 0.467. The smallest absolute Gasteiger partial charge is 0.328 e. The molecular formula is C15H19N5O5. The van der Waals surface area contributed by atoms with Crippen LogP contribution in [-0.2, 0) is 24.4 Å². The molecule has 0 aromatic carbocycles. The topological polar surface area (TPSA) is 133 Å². The lowest BCUT2D eigenvalue weighted by Crippen LogP contribution is -2.38. The summed E-state index contributed by atoms with van der Waals surface area (Å²) in [5.74, 6) is -0.256. The molecule has 0 bridgehead atoms. The van der Waals surface area contributed by atoms with Gasteiger partial charge in [0.2, 0.25) is 5.91 Å². The van der Waals surface area contributed by atoms with E-state index < -0.39 is 24.0 Å². The van der Waals surface area contributed by atoms with E-state index in [0.717, 1.165) is 10.3 Å². The van der Waals surface area contributed by atoms with Crippen molar-refractivity contribution in [3.8, 4) is 0 Å². The molecule has 2 aromatic rings. The number of carbonyl (C=O) groups excluding carboxylic acids is 1. The van der Waals surface area contributed by atoms with E-state index in [1.165, 1.54) is 12.3 Å². The van der Waals surface area contributed by atoms with Gasteiger partial charge in [0.1, 0.15) is 12.6 Å². The molecule has 1 unspecified atom stereocenters. The van der Waals surface area contributed by atoms with Crippen molar-refractivity contribution >= 4 is 5.91 Å². The molecule has 3 N–H and O–H groups in total. The fourth-order valence-corrected chi connectivity index (χ4v) is 2.77. The number of aromatic nitrogens is 4. The van der Waals surface area contributed by atoms with Crippen molar-refractivity contribution in [1.29, 1.82) is 0 Å². The highest BCUT2D eigenvalue weighted by Gasteiger charge is 2.22. The van der Waals surface area contributed by atoms with Gasteiger partial charge in [-0.05, 0) is 12.5 Å². The zero-order valence-electron chi connectivity index (χ0n) is 13.5. The van der Waals surface area contributed by atoms with Crippen LogP contribution in [0.2, 0.25) is 0 Å². The Bertz CT molecular complexity index is 883. The molecule has 1 amide bonds. The first-order valence-corrected chi connectivity index (χ1v) is 7.91. The molecule has 3 rings (SSSR count). The summed E-state index contributed by atoms with van der Waals surface area (Å²) in [4.78, 5) is 39.0. The van der Waals surface area contributed by atoms with Crippen LogP contribution in [0.25, 0.3) is 0 Å². The SMILES string of the molecule is O=C(Cn1ccc(=O)[nH]c1=O)N1CCCn2nc(C(O)CO)cc2C1. The number of carbonyl (C=O) groups is 1. The van der Waals surface area contributed by atoms with Gasteiger partial charge in [0.05, 0.1) is 24.5 Å². The molecule has 1 aliphatic heterocycles. The maximum absolute atomic E-state index is 12.5. The summed E-state index contributed by atoms with van der Waals surface area (Å²) in [6.45, 7) is 0.806. The number of nitrogens with zero attached hydrogens (tertiary/aromatic N) is 4. The van der Waals surface area contributed by atoms with Gasteiger partial charge in [0.15, 0.2) is 0 Å². The van der Waals surface area contributed by atoms with E-state index in [1.807, 2.05) is 0 Å². The van der Waals surface area contributed by atoms with E-state index in [-0.39, 0.29) is 12.5 Å². The molecule has 1 atom stereocenters. The van der Waals surface area contributed by atoms with Crippen molar-refractivity contribution in [3.63, 3.8) is 0 Å². The van der Waals surface area contributed by atoms with Crippen molar-refractivity contribution in [2.24, 2.45) is 0 Å². The van der Waals surface area contributed by atoms with Gasteiger partial charge in [-0.25, -0.2) is 4.79 Å². The van der Waals surface area contributed by atoms with Crippen molar-refractivity contribution in [2.75, 3.05) is 13.2 Å². The minimum absolute atomic E-state index is 0.171. The van der Waals surface area contributed by atoms with E-state index >= 15 is 0 Å². The Hall–Kier alpha value is -2.72. The molecule has 0 aliphatic carbocycles. The molecule has 1 aliphatic rings. The molecule has 10 nitrogen and oxygen atoms in total. The minimum Gasteiger partial charge on any atom is -0.393 e. The second kappa shape index (κ2) is 7.03. The quantitative estimate of drug-likeness (QED) is 0.596. The van der Waals surface area contributed by atoms with Crippen molar-refractivity contribution in [1.82, 2.24) is 24.2 Å². The number of aliphatic hydroxyl groups excluding tert-OH is 2. The molecule has 0 saturated carbocycles. The van der Waals surface area contributed by atoms with E-state index in [9.17, 15) is 19.5 Å². The maximum atomic E-state index is 12.5. The lowest BCUT2D eigenvalue weighted by atomic mass is 10.2. The Balaban J connectivity index is 1.76. The molecule has 3 heterocycles. The van der Waals surface area contributed by atoms with Crippen LogP contribution in [0, 0.1) is 0 Å². The fourth-order valence-electron chi connectivity index (χ4n) is 2.77. The van der Waals surface area contributed by atoms with Gasteiger partial charge < -0.3 is 15.1 Å². The second-order valence-corrected chi connectivity index (χ2v) is 5.89. The number of amides is 1. The van der Waals surface area contributed by atoms with Gasteiger partial charge in [-0.3, -0.25) is 23.8 Å². The van der Waals surface area contributed by atoms with Gasteiger partial charge in [0.25, 0.3) is 5.56 Å². The first-order chi connectivity index (χ1) is 12.0. The number of hydrogen-bond acceptors (Lipinski definition) is 6. The monoisotopic (exact) mass is 349 g/mol. The number of H-pyrrole nitrogens is 1. The maximum Gasteiger partial charge on any atom is 0.328 e. The Kier molecular flexibility index (Phi) is 4.81. The average Bonchev–Trinajstić information content (AvgIpc) is 2.88. The summed E-state index contributed by atoms with van der Waals surface area (Å²) in [6.07, 6.45) is 0.912. The predicted molar refractivity (Wildman–Crippen MR) is 85.6 cm³/mol. The number of aryl methyl sites for hydroxylation is 1. The summed E-state index contributed by atoms with van der Waals surface area (Å²) in [5, 5.41) is 23.0. The van der Waals surface area contributed by atoms with Crippen molar-refractivity contribution in [2.45, 2.75) is 32.2 Å². The summed E-state index contributed by atoms with van der Waals surface area (Å²) < 4.78 is 2.86. The number of hydrogen-bond donors (Lipinski definition) is 3. The van der Waals surface area contributed by atoms with Crippen LogP contribution in [0.5, 0.6) is 0 Å². The molecule has 2 aromatic heterocycles. The molecule has 10 heteroatoms. The third kappa shape index (κ3) is 3.69. The zero-order valence-corrected chi connectivity index (χ0v) is 13.5. The number of aromatic amines is 1. The predicted octanol–water partition coefficient (Wildman–Crippen LogP) is -1.81. The third-order valence-electron chi connectivity index (χ3n) is 4.10.